The van der Waals surface area contributed by atoms with Gasteiger partial charge in [-0.05, 0) is 49.2 Å². The number of methoxy groups -OCH3 is 3. The van der Waals surface area contributed by atoms with Crippen molar-refractivity contribution in [2.24, 2.45) is 5.92 Å². The molecule has 0 bridgehead atoms. The van der Waals surface area contributed by atoms with Crippen molar-refractivity contribution in [1.82, 2.24) is 4.90 Å². The van der Waals surface area contributed by atoms with E-state index < -0.39 is 0 Å². The number of likely N-dealkylation sites (tertiary alicyclic amines) is 1. The van der Waals surface area contributed by atoms with Crippen LogP contribution in [0.15, 0.2) is 42.5 Å². The van der Waals surface area contributed by atoms with Gasteiger partial charge in [-0.3, -0.25) is 9.59 Å². The van der Waals surface area contributed by atoms with E-state index in [0.29, 0.717) is 43.0 Å². The Morgan fingerprint density at radius 2 is 1.41 bits per heavy atom. The highest BCUT2D eigenvalue weighted by atomic mass is 16.5. The van der Waals surface area contributed by atoms with E-state index in [-0.39, 0.29) is 17.7 Å². The molecule has 1 N–H and O–H groups in total. The van der Waals surface area contributed by atoms with Gasteiger partial charge in [-0.15, -0.1) is 0 Å². The number of hydrogen-bond donors (Lipinski definition) is 1. The second kappa shape index (κ2) is 9.32. The summed E-state index contributed by atoms with van der Waals surface area (Å²) < 4.78 is 15.6. The molecule has 1 fully saturated rings. The number of carbonyl (C=O) groups excluding carboxylic acids is 2. The van der Waals surface area contributed by atoms with Gasteiger partial charge in [0, 0.05) is 36.3 Å². The summed E-state index contributed by atoms with van der Waals surface area (Å²) in [7, 11) is 4.70. The molecule has 0 unspecified atom stereocenters. The number of piperidine rings is 1. The van der Waals surface area contributed by atoms with Crippen LogP contribution in [-0.2, 0) is 4.79 Å². The summed E-state index contributed by atoms with van der Waals surface area (Å²) in [5.41, 5.74) is 1.25. The number of carbonyl (C=O) groups is 2. The van der Waals surface area contributed by atoms with E-state index in [4.69, 9.17) is 14.2 Å². The van der Waals surface area contributed by atoms with Crippen LogP contribution in [0.5, 0.6) is 17.2 Å². The lowest BCUT2D eigenvalue weighted by molar-refractivity contribution is -0.121. The van der Waals surface area contributed by atoms with Crippen LogP contribution in [0.4, 0.5) is 5.69 Å². The Hall–Kier alpha value is -3.22. The molecule has 0 aromatic heterocycles. The van der Waals surface area contributed by atoms with Crippen LogP contribution >= 0.6 is 0 Å². The molecule has 0 spiro atoms. The molecule has 0 radical (unpaired) electrons. The molecule has 7 nitrogen and oxygen atoms in total. The summed E-state index contributed by atoms with van der Waals surface area (Å²) >= 11 is 0. The Labute approximate surface area is 170 Å². The molecular weight excluding hydrogens is 372 g/mol. The number of rotatable bonds is 6. The van der Waals surface area contributed by atoms with Crippen LogP contribution in [0.25, 0.3) is 0 Å². The molecule has 7 heteroatoms. The van der Waals surface area contributed by atoms with Gasteiger partial charge in [0.05, 0.1) is 21.3 Å². The fraction of sp³-hybridized carbons (Fsp3) is 0.364. The van der Waals surface area contributed by atoms with Crippen LogP contribution in [-0.4, -0.2) is 51.1 Å². The van der Waals surface area contributed by atoms with Crippen LogP contribution in [0.1, 0.15) is 23.2 Å². The monoisotopic (exact) mass is 398 g/mol. The number of benzene rings is 2. The molecule has 29 heavy (non-hydrogen) atoms. The molecule has 0 saturated carbocycles. The zero-order valence-corrected chi connectivity index (χ0v) is 16.9. The minimum Gasteiger partial charge on any atom is -0.497 e. The smallest absolute Gasteiger partial charge is 0.254 e. The second-order valence-corrected chi connectivity index (χ2v) is 6.89. The van der Waals surface area contributed by atoms with Gasteiger partial charge in [-0.25, -0.2) is 0 Å². The molecule has 1 aliphatic heterocycles. The second-order valence-electron chi connectivity index (χ2n) is 6.89. The Bertz CT molecular complexity index is 836. The molecule has 1 aliphatic rings. The standard InChI is InChI=1S/C22H26N2O5/c1-27-18-6-4-17(5-7-18)23-21(25)15-8-10-24(11-9-15)22(26)16-12-19(28-2)14-20(13-16)29-3/h4-7,12-15H,8-11H2,1-3H3,(H,23,25). The summed E-state index contributed by atoms with van der Waals surface area (Å²) in [6.07, 6.45) is 1.24. The third-order valence-corrected chi connectivity index (χ3v) is 5.11. The van der Waals surface area contributed by atoms with Gasteiger partial charge in [0.25, 0.3) is 5.91 Å². The van der Waals surface area contributed by atoms with E-state index in [1.54, 1.807) is 56.6 Å². The fourth-order valence-corrected chi connectivity index (χ4v) is 3.38. The zero-order valence-electron chi connectivity index (χ0n) is 16.9. The maximum Gasteiger partial charge on any atom is 0.254 e. The van der Waals surface area contributed by atoms with Gasteiger partial charge >= 0.3 is 0 Å². The quantitative estimate of drug-likeness (QED) is 0.809. The van der Waals surface area contributed by atoms with Gasteiger partial charge in [0.1, 0.15) is 17.2 Å². The highest BCUT2D eigenvalue weighted by molar-refractivity contribution is 5.96. The van der Waals surface area contributed by atoms with Crippen molar-refractivity contribution in [3.05, 3.63) is 48.0 Å². The fourth-order valence-electron chi connectivity index (χ4n) is 3.38. The maximum atomic E-state index is 12.9. The molecule has 1 heterocycles. The van der Waals surface area contributed by atoms with Crippen molar-refractivity contribution in [3.8, 4) is 17.2 Å². The topological polar surface area (TPSA) is 77.1 Å². The normalized spacial score (nSPS) is 14.2. The van der Waals surface area contributed by atoms with E-state index in [0.717, 1.165) is 11.4 Å². The summed E-state index contributed by atoms with van der Waals surface area (Å²) in [6.45, 7) is 1.05. The van der Waals surface area contributed by atoms with Gasteiger partial charge in [0.2, 0.25) is 5.91 Å². The molecular formula is C22H26N2O5. The van der Waals surface area contributed by atoms with Gasteiger partial charge in [-0.1, -0.05) is 0 Å². The van der Waals surface area contributed by atoms with Gasteiger partial charge in [0.15, 0.2) is 0 Å². The Morgan fingerprint density at radius 3 is 1.93 bits per heavy atom. The van der Waals surface area contributed by atoms with Crippen molar-refractivity contribution in [1.29, 1.82) is 0 Å². The Morgan fingerprint density at radius 1 is 0.862 bits per heavy atom. The maximum absolute atomic E-state index is 12.9. The molecule has 3 rings (SSSR count). The van der Waals surface area contributed by atoms with E-state index in [2.05, 4.69) is 5.32 Å². The summed E-state index contributed by atoms with van der Waals surface area (Å²) in [4.78, 5) is 27.2. The third-order valence-electron chi connectivity index (χ3n) is 5.11. The Kier molecular flexibility index (Phi) is 6.59. The lowest BCUT2D eigenvalue weighted by Crippen LogP contribution is -2.41. The van der Waals surface area contributed by atoms with Crippen molar-refractivity contribution in [3.63, 3.8) is 0 Å². The summed E-state index contributed by atoms with van der Waals surface area (Å²) in [5, 5.41) is 2.94. The average Bonchev–Trinajstić information content (AvgIpc) is 2.78. The molecule has 2 amide bonds. The van der Waals surface area contributed by atoms with E-state index in [1.165, 1.54) is 0 Å². The summed E-state index contributed by atoms with van der Waals surface area (Å²) in [6, 6.07) is 12.4. The van der Waals surface area contributed by atoms with Crippen molar-refractivity contribution in [2.45, 2.75) is 12.8 Å². The largest absolute Gasteiger partial charge is 0.497 e. The van der Waals surface area contributed by atoms with Crippen LogP contribution in [0.2, 0.25) is 0 Å². The van der Waals surface area contributed by atoms with Crippen LogP contribution in [0.3, 0.4) is 0 Å². The molecule has 1 saturated heterocycles. The van der Waals surface area contributed by atoms with E-state index >= 15 is 0 Å². The predicted octanol–water partition coefficient (Wildman–Crippen LogP) is 3.20. The van der Waals surface area contributed by atoms with Gasteiger partial charge in [-0.2, -0.15) is 0 Å². The first-order chi connectivity index (χ1) is 14.0. The number of ether oxygens (including phenoxy) is 3. The highest BCUT2D eigenvalue weighted by Crippen LogP contribution is 2.26. The first-order valence-electron chi connectivity index (χ1n) is 9.51. The number of nitrogens with zero attached hydrogens (tertiary/aromatic N) is 1. The average molecular weight is 398 g/mol. The SMILES string of the molecule is COc1ccc(NC(=O)C2CCN(C(=O)c3cc(OC)cc(OC)c3)CC2)cc1. The van der Waals surface area contributed by atoms with Crippen molar-refractivity contribution < 1.29 is 23.8 Å². The first kappa shape index (κ1) is 20.5. The third kappa shape index (κ3) is 4.99. The van der Waals surface area contributed by atoms with Crippen LogP contribution < -0.4 is 19.5 Å². The van der Waals surface area contributed by atoms with Crippen LogP contribution in [0, 0.1) is 5.92 Å². The van der Waals surface area contributed by atoms with Crippen molar-refractivity contribution >= 4 is 17.5 Å². The number of nitrogens with one attached hydrogen (secondary N) is 1. The molecule has 2 aromatic carbocycles. The molecule has 2 aromatic rings. The molecule has 0 aliphatic carbocycles. The highest BCUT2D eigenvalue weighted by Gasteiger charge is 2.28. The number of hydrogen-bond acceptors (Lipinski definition) is 5. The van der Waals surface area contributed by atoms with E-state index in [1.807, 2.05) is 12.1 Å². The number of amides is 2. The lowest BCUT2D eigenvalue weighted by atomic mass is 9.95. The van der Waals surface area contributed by atoms with Gasteiger partial charge < -0.3 is 24.4 Å². The minimum absolute atomic E-state index is 0.0229. The summed E-state index contributed by atoms with van der Waals surface area (Å²) in [5.74, 6) is 1.65. The number of anilines is 1. The molecule has 154 valence electrons. The van der Waals surface area contributed by atoms with Crippen molar-refractivity contribution in [2.75, 3.05) is 39.7 Å². The molecule has 0 atom stereocenters. The predicted molar refractivity (Wildman–Crippen MR) is 110 cm³/mol. The Balaban J connectivity index is 1.58. The first-order valence-corrected chi connectivity index (χ1v) is 9.51. The minimum atomic E-state index is -0.124. The zero-order chi connectivity index (χ0) is 20.8. The lowest BCUT2D eigenvalue weighted by Gasteiger charge is -2.31. The van der Waals surface area contributed by atoms with E-state index in [9.17, 15) is 9.59 Å².